The summed E-state index contributed by atoms with van der Waals surface area (Å²) in [5.41, 5.74) is -22.0. The molecule has 0 heterocycles. The monoisotopic (exact) mass is 1810 g/mol. The molecular weight excluding hydrogens is 1670 g/mol. The van der Waals surface area contributed by atoms with Gasteiger partial charge in [-0.25, -0.2) is 0 Å². The van der Waals surface area contributed by atoms with Crippen molar-refractivity contribution in [3.05, 3.63) is 0 Å². The molecule has 0 aromatic rings. The molecule has 0 aliphatic rings. The highest BCUT2D eigenvalue weighted by molar-refractivity contribution is 8.70. The van der Waals surface area contributed by atoms with E-state index in [4.69, 9.17) is 158 Å². The summed E-state index contributed by atoms with van der Waals surface area (Å²) in [6, 6.07) is 0. The van der Waals surface area contributed by atoms with Crippen LogP contribution in [0.4, 0.5) is 0 Å². The topological polar surface area (TPSA) is 129 Å². The Morgan fingerprint density at radius 1 is 0.210 bits per heavy atom. The molecule has 0 spiro atoms. The fourth-order valence-corrected chi connectivity index (χ4v) is 48.4. The largest absolute Gasteiger partial charge is 0.319 e. The molecule has 602 valence electrons. The minimum atomic E-state index is -3.32. The standard InChI is InChI=1S/C65H139O14P7S14/c1-44(2)31-52(17)67-81(89,68-53(18)32-45(3)4)96-40-61(26)75-85(93,76-62(27)41-97-82(90,69-54(19)33-46(5)6)70-55(20)34-47(7)8)95-39-60(25)66-80(87,88)79-65(30)100-86(94,77-63(28)42-98-83(91,71-56(21)35-48(9)10)72-57(22)36-49(11)12)78-64(29)43-99-84(92,73-58(23)37-50(13)14)74-59(24)38-51(15)16/h44-65H,31-43H2,1-30H3,(H,87,88). The van der Waals surface area contributed by atoms with Crippen molar-refractivity contribution in [1.82, 2.24) is 0 Å². The maximum Gasteiger partial charge on any atom is 0.250 e. The van der Waals surface area contributed by atoms with Crippen LogP contribution in [-0.2, 0) is 146 Å². The van der Waals surface area contributed by atoms with Gasteiger partial charge in [0.15, 0.2) is 0 Å². The van der Waals surface area contributed by atoms with Gasteiger partial charge in [-0.05, 0) is 290 Å². The van der Waals surface area contributed by atoms with E-state index in [0.29, 0.717) is 76.1 Å². The van der Waals surface area contributed by atoms with Crippen molar-refractivity contribution in [2.75, 3.05) is 28.8 Å². The van der Waals surface area contributed by atoms with E-state index in [9.17, 15) is 0 Å². The first kappa shape index (κ1) is 106. The number of hydrogen-bond donors (Lipinski definition) is 1. The number of rotatable bonds is 61. The molecule has 0 saturated carbocycles. The Morgan fingerprint density at radius 3 is 0.510 bits per heavy atom. The lowest BCUT2D eigenvalue weighted by Crippen LogP contribution is -2.19. The summed E-state index contributed by atoms with van der Waals surface area (Å²) in [4.78, 5) is 0. The fourth-order valence-electron chi connectivity index (χ4n) is 10.6. The molecule has 0 N–H and O–H groups in total. The minimum Gasteiger partial charge on any atom is -0.319 e. The van der Waals surface area contributed by atoms with Gasteiger partial charge in [0.2, 0.25) is 39.9 Å². The van der Waals surface area contributed by atoms with Gasteiger partial charge < -0.3 is 63.3 Å². The Morgan fingerprint density at radius 2 is 0.350 bits per heavy atom. The van der Waals surface area contributed by atoms with E-state index < -0.39 is 75.8 Å². The molecule has 0 rings (SSSR count). The van der Waals surface area contributed by atoms with E-state index in [1.54, 1.807) is 0 Å². The SMILES string of the molecule is CC(C)CC(C)OP(=S)(OC(C)CC(C)C)SCC(C)OP(=S)(OC(C)CSP(=S)(OC(C)CC(C)C)OC(C)CC(C)C)SCC(C)OP(=S)(S)OC(C)SP(=S)(OC(C)CSP(=S)(OC(C)CC(C)C)OC(C)CC(C)C)OC(C)CSP(=S)(OC(C)CC(C)C)OC(C)CC(C)C. The average Bonchev–Trinajstić information content (AvgIpc) is 0.851. The quantitative estimate of drug-likeness (QED) is 0.0352. The zero-order valence-corrected chi connectivity index (χ0v) is 84.3. The second kappa shape index (κ2) is 52.9. The van der Waals surface area contributed by atoms with Crippen molar-refractivity contribution in [2.24, 2.45) is 47.3 Å². The molecule has 14 nitrogen and oxygen atoms in total. The Kier molecular flexibility index (Phi) is 56.3. The Labute approximate surface area is 679 Å². The van der Waals surface area contributed by atoms with Crippen LogP contribution in [-0.4, -0.2) is 114 Å². The second-order valence-corrected chi connectivity index (χ2v) is 73.2. The Hall–Kier alpha value is 6.44. The van der Waals surface area contributed by atoms with Crippen molar-refractivity contribution in [3.8, 4) is 0 Å². The molecule has 15 atom stereocenters. The first-order valence-corrected chi connectivity index (χ1v) is 65.1. The lowest BCUT2D eigenvalue weighted by molar-refractivity contribution is 0.142. The van der Waals surface area contributed by atoms with Crippen molar-refractivity contribution in [2.45, 2.75) is 344 Å². The molecule has 0 aromatic heterocycles. The highest BCUT2D eigenvalue weighted by atomic mass is 32.9. The Bertz CT molecular complexity index is 2360. The van der Waals surface area contributed by atoms with Crippen LogP contribution in [0.25, 0.3) is 0 Å². The van der Waals surface area contributed by atoms with Crippen molar-refractivity contribution in [3.63, 3.8) is 0 Å². The van der Waals surface area contributed by atoms with Crippen molar-refractivity contribution >= 4 is 203 Å². The van der Waals surface area contributed by atoms with Crippen LogP contribution in [0.15, 0.2) is 0 Å². The molecule has 0 aliphatic heterocycles. The third kappa shape index (κ3) is 54.3. The molecule has 0 fully saturated rings. The van der Waals surface area contributed by atoms with Crippen LogP contribution in [0.3, 0.4) is 0 Å². The van der Waals surface area contributed by atoms with Gasteiger partial charge in [-0.2, -0.15) is 0 Å². The molecule has 0 saturated heterocycles. The maximum atomic E-state index is 6.96. The Balaban J connectivity index is 7.35. The van der Waals surface area contributed by atoms with Gasteiger partial charge in [0.25, 0.3) is 0 Å². The van der Waals surface area contributed by atoms with E-state index in [2.05, 4.69) is 166 Å². The summed E-state index contributed by atoms with van der Waals surface area (Å²) >= 11 is 58.2. The summed E-state index contributed by atoms with van der Waals surface area (Å²) in [6.07, 6.45) is 3.84. The number of thiol groups is 1. The van der Waals surface area contributed by atoms with Crippen molar-refractivity contribution < 1.29 is 63.3 Å². The van der Waals surface area contributed by atoms with Crippen LogP contribution < -0.4 is 0 Å². The minimum absolute atomic E-state index is 0.0880. The molecule has 100 heavy (non-hydrogen) atoms. The summed E-state index contributed by atoms with van der Waals surface area (Å²) in [6.45, 7) is 63.2. The van der Waals surface area contributed by atoms with E-state index in [-0.39, 0.29) is 48.8 Å². The third-order valence-electron chi connectivity index (χ3n) is 13.3. The van der Waals surface area contributed by atoms with E-state index >= 15 is 0 Å². The van der Waals surface area contributed by atoms with Gasteiger partial charge in [-0.3, -0.25) is 0 Å². The van der Waals surface area contributed by atoms with Gasteiger partial charge in [0, 0.05) is 28.8 Å². The molecule has 0 radical (unpaired) electrons. The summed E-state index contributed by atoms with van der Waals surface area (Å²) in [7, 11) is 0. The number of hydrogen-bond acceptors (Lipinski definition) is 27. The molecule has 0 aromatic carbocycles. The van der Waals surface area contributed by atoms with E-state index in [1.165, 1.54) is 68.3 Å². The predicted molar refractivity (Wildman–Crippen MR) is 482 cm³/mol. The van der Waals surface area contributed by atoms with E-state index in [1.807, 2.05) is 41.5 Å². The van der Waals surface area contributed by atoms with Crippen LogP contribution in [0.5, 0.6) is 0 Å². The predicted octanol–water partition coefficient (Wildman–Crippen LogP) is 27.9. The van der Waals surface area contributed by atoms with Gasteiger partial charge in [0.05, 0.1) is 79.4 Å². The lowest BCUT2D eigenvalue weighted by Gasteiger charge is -2.33. The molecule has 35 heteroatoms. The average molecular weight is 1810 g/mol. The molecule has 0 aliphatic carbocycles. The first-order valence-electron chi connectivity index (χ1n) is 36.0. The summed E-state index contributed by atoms with van der Waals surface area (Å²) in [5.74, 6) is 5.52. The molecule has 0 amide bonds. The maximum absolute atomic E-state index is 6.96. The lowest BCUT2D eigenvalue weighted by atomic mass is 10.1. The zero-order chi connectivity index (χ0) is 77.5. The third-order valence-corrected chi connectivity index (χ3v) is 48.9. The van der Waals surface area contributed by atoms with Gasteiger partial charge in [-0.15, -0.1) is 0 Å². The molecule has 0 bridgehead atoms. The molecule has 15 unspecified atom stereocenters. The van der Waals surface area contributed by atoms with Gasteiger partial charge in [0.1, 0.15) is 5.44 Å². The van der Waals surface area contributed by atoms with Gasteiger partial charge >= 0.3 is 0 Å². The zero-order valence-electron chi connectivity index (χ0n) is 66.5. The van der Waals surface area contributed by atoms with Crippen LogP contribution >= 0.6 is 120 Å². The van der Waals surface area contributed by atoms with Crippen molar-refractivity contribution in [1.29, 1.82) is 0 Å². The second-order valence-electron chi connectivity index (χ2n) is 30.4. The van der Waals surface area contributed by atoms with Gasteiger partial charge in [-0.1, -0.05) is 180 Å². The highest BCUT2D eigenvalue weighted by Gasteiger charge is 2.38. The highest BCUT2D eigenvalue weighted by Crippen LogP contribution is 2.72. The normalized spacial score (nSPS) is 21.5. The fraction of sp³-hybridized carbons (Fsp3) is 1.00. The first-order chi connectivity index (χ1) is 45.6. The smallest absolute Gasteiger partial charge is 0.250 e. The molecular formula is C65H139O14P7S14. The van der Waals surface area contributed by atoms with Crippen LogP contribution in [0.2, 0.25) is 0 Å². The summed E-state index contributed by atoms with van der Waals surface area (Å²) < 4.78 is 94.5. The summed E-state index contributed by atoms with van der Waals surface area (Å²) in [5, 5.41) is 0. The van der Waals surface area contributed by atoms with Crippen LogP contribution in [0.1, 0.15) is 259 Å². The van der Waals surface area contributed by atoms with Crippen LogP contribution in [0, 0.1) is 47.3 Å². The van der Waals surface area contributed by atoms with E-state index in [0.717, 1.165) is 51.4 Å².